The van der Waals surface area contributed by atoms with Crippen LogP contribution in [0.15, 0.2) is 41.0 Å². The molecule has 1 fully saturated rings. The second kappa shape index (κ2) is 10.5. The molecule has 1 aliphatic rings. The summed E-state index contributed by atoms with van der Waals surface area (Å²) in [6.07, 6.45) is -1.69. The zero-order valence-electron chi connectivity index (χ0n) is 16.9. The van der Waals surface area contributed by atoms with Gasteiger partial charge in [-0.15, -0.1) is 0 Å². The molecule has 1 aliphatic carbocycles. The first-order valence-electron chi connectivity index (χ1n) is 9.67. The molecule has 11 heteroatoms. The fourth-order valence-electron chi connectivity index (χ4n) is 3.39. The Morgan fingerprint density at radius 2 is 1.87 bits per heavy atom. The molecule has 0 unspecified atom stereocenters. The number of benzene rings is 1. The van der Waals surface area contributed by atoms with Crippen LogP contribution in [0.4, 0.5) is 18.9 Å². The number of hydrogen-bond donors (Lipinski definition) is 4. The van der Waals surface area contributed by atoms with Crippen LogP contribution in [-0.4, -0.2) is 36.4 Å². The highest BCUT2D eigenvalue weighted by Gasteiger charge is 2.34. The van der Waals surface area contributed by atoms with Gasteiger partial charge >= 0.3 is 6.18 Å². The van der Waals surface area contributed by atoms with Crippen molar-refractivity contribution >= 4 is 34.9 Å². The van der Waals surface area contributed by atoms with Crippen LogP contribution in [0.25, 0.3) is 0 Å². The van der Waals surface area contributed by atoms with Crippen molar-refractivity contribution in [2.45, 2.75) is 38.4 Å². The Kier molecular flexibility index (Phi) is 8.32. The summed E-state index contributed by atoms with van der Waals surface area (Å²) in [7, 11) is 0. The van der Waals surface area contributed by atoms with Crippen molar-refractivity contribution in [3.63, 3.8) is 0 Å². The lowest BCUT2D eigenvalue weighted by molar-refractivity contribution is -0.141. The van der Waals surface area contributed by atoms with E-state index in [0.717, 1.165) is 0 Å². The molecule has 2 amide bonds. The van der Waals surface area contributed by atoms with Crippen molar-refractivity contribution in [3.8, 4) is 0 Å². The molecule has 7 nitrogen and oxygen atoms in total. The van der Waals surface area contributed by atoms with Crippen LogP contribution < -0.4 is 22.1 Å². The van der Waals surface area contributed by atoms with E-state index in [1.165, 1.54) is 6.20 Å². The van der Waals surface area contributed by atoms with Gasteiger partial charge in [-0.25, -0.2) is 4.99 Å². The first-order valence-corrected chi connectivity index (χ1v) is 10.0. The summed E-state index contributed by atoms with van der Waals surface area (Å²) in [5.41, 5.74) is 11.8. The lowest BCUT2D eigenvalue weighted by Gasteiger charge is -2.34. The number of amides is 2. The minimum Gasteiger partial charge on any atom is -0.387 e. The topological polar surface area (TPSA) is 123 Å². The van der Waals surface area contributed by atoms with Gasteiger partial charge in [0, 0.05) is 23.2 Å². The van der Waals surface area contributed by atoms with Gasteiger partial charge in [-0.05, 0) is 49.4 Å². The van der Waals surface area contributed by atoms with Crippen LogP contribution in [-0.2, 0) is 9.59 Å². The molecule has 2 rings (SSSR count). The van der Waals surface area contributed by atoms with Crippen molar-refractivity contribution < 1.29 is 22.8 Å². The number of carbonyl (C=O) groups excluding carboxylic acids is 2. The number of amidine groups is 1. The number of nitrogens with one attached hydrogen (secondary N) is 2. The van der Waals surface area contributed by atoms with Gasteiger partial charge in [-0.3, -0.25) is 9.59 Å². The van der Waals surface area contributed by atoms with Gasteiger partial charge in [-0.1, -0.05) is 18.5 Å². The molecule has 0 aliphatic heterocycles. The largest absolute Gasteiger partial charge is 0.405 e. The monoisotopic (exact) mass is 459 g/mol. The lowest BCUT2D eigenvalue weighted by atomic mass is 9.78. The molecule has 6 N–H and O–H groups in total. The third kappa shape index (κ3) is 7.78. The normalized spacial score (nSPS) is 22.7. The van der Waals surface area contributed by atoms with Crippen molar-refractivity contribution in [3.05, 3.63) is 41.1 Å². The third-order valence-electron chi connectivity index (χ3n) is 5.06. The Hall–Kier alpha value is -2.75. The zero-order chi connectivity index (χ0) is 23.2. The van der Waals surface area contributed by atoms with Gasteiger partial charge in [0.1, 0.15) is 12.4 Å². The highest BCUT2D eigenvalue weighted by atomic mass is 35.5. The molecule has 1 aromatic carbocycles. The van der Waals surface area contributed by atoms with E-state index >= 15 is 0 Å². The Bertz CT molecular complexity index is 855. The van der Waals surface area contributed by atoms with E-state index in [1.54, 1.807) is 24.3 Å². The maximum Gasteiger partial charge on any atom is 0.405 e. The van der Waals surface area contributed by atoms with Crippen molar-refractivity contribution in [2.24, 2.45) is 28.3 Å². The molecule has 0 bridgehead atoms. The first-order chi connectivity index (χ1) is 14.5. The quantitative estimate of drug-likeness (QED) is 0.284. The van der Waals surface area contributed by atoms with Crippen molar-refractivity contribution in [1.82, 2.24) is 10.6 Å². The van der Waals surface area contributed by atoms with Gasteiger partial charge in [-0.2, -0.15) is 13.2 Å². The summed E-state index contributed by atoms with van der Waals surface area (Å²) in [6.45, 7) is 0.541. The lowest BCUT2D eigenvalue weighted by Crippen LogP contribution is -2.44. The van der Waals surface area contributed by atoms with E-state index in [4.69, 9.17) is 23.1 Å². The molecule has 1 aromatic rings. The van der Waals surface area contributed by atoms with E-state index in [2.05, 4.69) is 10.3 Å². The predicted molar refractivity (Wildman–Crippen MR) is 113 cm³/mol. The minimum atomic E-state index is -4.44. The van der Waals surface area contributed by atoms with E-state index in [0.29, 0.717) is 30.0 Å². The average molecular weight is 460 g/mol. The second-order valence-electron chi connectivity index (χ2n) is 7.49. The molecule has 3 atom stereocenters. The summed E-state index contributed by atoms with van der Waals surface area (Å²) >= 11 is 5.83. The van der Waals surface area contributed by atoms with Gasteiger partial charge < -0.3 is 22.1 Å². The van der Waals surface area contributed by atoms with Crippen molar-refractivity contribution in [2.75, 3.05) is 6.54 Å². The summed E-state index contributed by atoms with van der Waals surface area (Å²) in [6, 6.07) is 6.42. The molecule has 170 valence electrons. The maximum absolute atomic E-state index is 12.3. The fraction of sp³-hybridized carbons (Fsp3) is 0.450. The summed E-state index contributed by atoms with van der Waals surface area (Å²) in [5, 5.41) is 5.55. The highest BCUT2D eigenvalue weighted by molar-refractivity contribution is 6.30. The summed E-state index contributed by atoms with van der Waals surface area (Å²) in [5.74, 6) is -1.97. The second-order valence-corrected chi connectivity index (χ2v) is 7.93. The molecule has 0 heterocycles. The number of primary amides is 1. The number of rotatable bonds is 7. The van der Waals surface area contributed by atoms with E-state index in [9.17, 15) is 22.8 Å². The number of hydrogen-bond acceptors (Lipinski definition) is 4. The molecular weight excluding hydrogens is 435 g/mol. The third-order valence-corrected chi connectivity index (χ3v) is 5.31. The fourth-order valence-corrected chi connectivity index (χ4v) is 3.52. The number of alkyl halides is 3. The van der Waals surface area contributed by atoms with E-state index < -0.39 is 30.5 Å². The van der Waals surface area contributed by atoms with E-state index in [1.807, 2.05) is 12.2 Å². The Labute approximate surface area is 183 Å². The summed E-state index contributed by atoms with van der Waals surface area (Å²) < 4.78 is 36.9. The Morgan fingerprint density at radius 1 is 1.23 bits per heavy atom. The SMILES string of the molecule is C[C@H]1C[C@@H](C(=O)NCC(F)(F)F)CC[C@@H]1N/C=C(/C(N)=O)C(N)=Nc1ccc(Cl)cc1. The molecule has 31 heavy (non-hydrogen) atoms. The molecule has 0 spiro atoms. The zero-order valence-corrected chi connectivity index (χ0v) is 17.6. The summed E-state index contributed by atoms with van der Waals surface area (Å²) in [4.78, 5) is 28.0. The standard InChI is InChI=1S/C20H25ClF3N5O2/c1-11-8-12(19(31)28-10-20(22,23)24)2-7-16(11)27-9-15(18(26)30)17(25)29-14-5-3-13(21)4-6-14/h3-6,9,11-12,16,27H,2,7-8,10H2,1H3,(H2,25,29)(H2,26,30)(H,28,31)/b15-9+/t11-,12-,16-/m0/s1. The number of aliphatic imine (C=N–C) groups is 1. The number of carbonyl (C=O) groups is 2. The van der Waals surface area contributed by atoms with Crippen LogP contribution >= 0.6 is 11.6 Å². The van der Waals surface area contributed by atoms with Gasteiger partial charge in [0.05, 0.1) is 11.3 Å². The van der Waals surface area contributed by atoms with E-state index in [-0.39, 0.29) is 23.4 Å². The minimum absolute atomic E-state index is 0.00723. The number of nitrogens with zero attached hydrogens (tertiary/aromatic N) is 1. The molecule has 0 radical (unpaired) electrons. The maximum atomic E-state index is 12.3. The molecule has 1 saturated carbocycles. The molecule has 0 saturated heterocycles. The van der Waals surface area contributed by atoms with Gasteiger partial charge in [0.25, 0.3) is 5.91 Å². The van der Waals surface area contributed by atoms with Crippen LogP contribution in [0.3, 0.4) is 0 Å². The first kappa shape index (κ1) is 24.5. The number of nitrogens with two attached hydrogens (primary N) is 2. The van der Waals surface area contributed by atoms with Crippen molar-refractivity contribution in [1.29, 1.82) is 0 Å². The molecule has 0 aromatic heterocycles. The molecular formula is C20H25ClF3N5O2. The van der Waals surface area contributed by atoms with Crippen LogP contribution in [0.2, 0.25) is 5.02 Å². The van der Waals surface area contributed by atoms with Gasteiger partial charge in [0.15, 0.2) is 0 Å². The van der Waals surface area contributed by atoms with Crippen LogP contribution in [0.5, 0.6) is 0 Å². The van der Waals surface area contributed by atoms with Gasteiger partial charge in [0.2, 0.25) is 5.91 Å². The number of halogens is 4. The highest BCUT2D eigenvalue weighted by Crippen LogP contribution is 2.29. The Balaban J connectivity index is 2.00. The van der Waals surface area contributed by atoms with Crippen LogP contribution in [0, 0.1) is 11.8 Å². The Morgan fingerprint density at radius 3 is 2.42 bits per heavy atom. The predicted octanol–water partition coefficient (Wildman–Crippen LogP) is 2.77. The van der Waals surface area contributed by atoms with Crippen LogP contribution in [0.1, 0.15) is 26.2 Å². The smallest absolute Gasteiger partial charge is 0.387 e. The average Bonchev–Trinajstić information content (AvgIpc) is 2.68.